The Labute approximate surface area is 213 Å². The minimum atomic E-state index is -5.86. The Balaban J connectivity index is 1.46. The zero-order valence-electron chi connectivity index (χ0n) is 19.7. The van der Waals surface area contributed by atoms with Gasteiger partial charge in [-0.15, -0.1) is 0 Å². The van der Waals surface area contributed by atoms with Gasteiger partial charge >= 0.3 is 15.6 Å². The quantitative estimate of drug-likeness (QED) is 0.241. The number of nitrogens with zero attached hydrogens (tertiary/aromatic N) is 5. The average Bonchev–Trinajstić information content (AvgIpc) is 3.46. The number of hydrogen-bond donors (Lipinski definition) is 1. The summed E-state index contributed by atoms with van der Waals surface area (Å²) in [7, 11) is -5.86. The van der Waals surface area contributed by atoms with Gasteiger partial charge in [0.2, 0.25) is 5.88 Å². The van der Waals surface area contributed by atoms with Crippen LogP contribution in [0.4, 0.5) is 18.9 Å². The SMILES string of the molecule is CCc1nn(Cc2cccc(OS(=O)(=O)C(F)(F)F)n2)c2cccc(NC(=O)c3cnc4ccccn34)c12. The average molecular weight is 545 g/mol. The van der Waals surface area contributed by atoms with Crippen molar-refractivity contribution in [2.75, 3.05) is 5.32 Å². The molecule has 14 heteroatoms. The molecule has 1 aromatic carbocycles. The Morgan fingerprint density at radius 2 is 1.87 bits per heavy atom. The van der Waals surface area contributed by atoms with Crippen LogP contribution in [0, 0.1) is 0 Å². The number of halogens is 3. The van der Waals surface area contributed by atoms with Crippen molar-refractivity contribution in [3.8, 4) is 5.88 Å². The number of carbonyl (C=O) groups excluding carboxylic acids is 1. The van der Waals surface area contributed by atoms with E-state index in [2.05, 4.69) is 24.6 Å². The van der Waals surface area contributed by atoms with Crippen LogP contribution in [-0.4, -0.2) is 44.0 Å². The van der Waals surface area contributed by atoms with Crippen LogP contribution < -0.4 is 9.50 Å². The molecule has 0 unspecified atom stereocenters. The number of fused-ring (bicyclic) bond motifs is 2. The van der Waals surface area contributed by atoms with Crippen molar-refractivity contribution in [1.82, 2.24) is 24.1 Å². The monoisotopic (exact) mass is 544 g/mol. The maximum Gasteiger partial charge on any atom is 0.534 e. The second-order valence-corrected chi connectivity index (χ2v) is 9.67. The molecule has 1 N–H and O–H groups in total. The largest absolute Gasteiger partial charge is 0.534 e. The minimum absolute atomic E-state index is 0.00439. The molecule has 4 heterocycles. The fourth-order valence-corrected chi connectivity index (χ4v) is 4.38. The number of imidazole rings is 1. The van der Waals surface area contributed by atoms with E-state index in [1.54, 1.807) is 45.6 Å². The van der Waals surface area contributed by atoms with Gasteiger partial charge in [0.15, 0.2) is 0 Å². The summed E-state index contributed by atoms with van der Waals surface area (Å²) in [6, 6.07) is 14.5. The number of rotatable bonds is 7. The summed E-state index contributed by atoms with van der Waals surface area (Å²) in [4.78, 5) is 21.2. The Kier molecular flexibility index (Phi) is 6.26. The topological polar surface area (TPSA) is 120 Å². The molecule has 4 aromatic heterocycles. The van der Waals surface area contributed by atoms with Crippen molar-refractivity contribution in [3.63, 3.8) is 0 Å². The van der Waals surface area contributed by atoms with E-state index in [-0.39, 0.29) is 18.1 Å². The number of aromatic nitrogens is 5. The van der Waals surface area contributed by atoms with Crippen LogP contribution in [0.1, 0.15) is 28.8 Å². The van der Waals surface area contributed by atoms with Gasteiger partial charge in [-0.1, -0.05) is 25.1 Å². The molecule has 0 radical (unpaired) electrons. The summed E-state index contributed by atoms with van der Waals surface area (Å²) < 4.78 is 68.1. The van der Waals surface area contributed by atoms with E-state index < -0.39 is 21.5 Å². The number of aryl methyl sites for hydroxylation is 1. The minimum Gasteiger partial charge on any atom is -0.355 e. The molecular weight excluding hydrogens is 525 g/mol. The Bertz CT molecular complexity index is 1780. The molecule has 0 saturated carbocycles. The normalized spacial score (nSPS) is 12.2. The van der Waals surface area contributed by atoms with Gasteiger partial charge < -0.3 is 9.50 Å². The standard InChI is InChI=1S/C24H19F3N6O4S/c1-2-16-22-17(30-23(34)19-13-28-20-10-3-4-12-32(19)20)8-6-9-18(22)33(31-16)14-15-7-5-11-21(29-15)37-38(35,36)24(25,26)27/h3-13H,2,14H2,1H3,(H,30,34). The van der Waals surface area contributed by atoms with Gasteiger partial charge in [-0.05, 0) is 36.8 Å². The highest BCUT2D eigenvalue weighted by Crippen LogP contribution is 2.29. The van der Waals surface area contributed by atoms with E-state index in [0.29, 0.717) is 40.0 Å². The van der Waals surface area contributed by atoms with E-state index >= 15 is 0 Å². The van der Waals surface area contributed by atoms with Crippen LogP contribution >= 0.6 is 0 Å². The van der Waals surface area contributed by atoms with Gasteiger partial charge in [-0.2, -0.15) is 26.7 Å². The number of amides is 1. The molecule has 1 amide bonds. The molecule has 0 fully saturated rings. The molecule has 0 atom stereocenters. The molecule has 5 aromatic rings. The summed E-state index contributed by atoms with van der Waals surface area (Å²) in [6.07, 6.45) is 3.74. The summed E-state index contributed by atoms with van der Waals surface area (Å²) >= 11 is 0. The van der Waals surface area contributed by atoms with Crippen molar-refractivity contribution in [1.29, 1.82) is 0 Å². The predicted octanol–water partition coefficient (Wildman–Crippen LogP) is 4.17. The lowest BCUT2D eigenvalue weighted by Crippen LogP contribution is -2.28. The Morgan fingerprint density at radius 3 is 2.63 bits per heavy atom. The molecule has 0 saturated heterocycles. The van der Waals surface area contributed by atoms with Crippen LogP contribution in [0.25, 0.3) is 16.6 Å². The van der Waals surface area contributed by atoms with Crippen molar-refractivity contribution >= 4 is 38.3 Å². The van der Waals surface area contributed by atoms with Gasteiger partial charge in [-0.25, -0.2) is 9.97 Å². The van der Waals surface area contributed by atoms with E-state index in [1.165, 1.54) is 18.3 Å². The number of carbonyl (C=O) groups is 1. The number of pyridine rings is 2. The van der Waals surface area contributed by atoms with Crippen LogP contribution in [0.5, 0.6) is 5.88 Å². The fourth-order valence-electron chi connectivity index (χ4n) is 3.97. The molecule has 0 spiro atoms. The number of alkyl halides is 3. The maximum absolute atomic E-state index is 13.1. The number of nitrogens with one attached hydrogen (secondary N) is 1. The van der Waals surface area contributed by atoms with Crippen LogP contribution in [-0.2, 0) is 23.1 Å². The first-order valence-corrected chi connectivity index (χ1v) is 12.7. The van der Waals surface area contributed by atoms with Crippen molar-refractivity contribution in [2.24, 2.45) is 0 Å². The molecule has 196 valence electrons. The predicted molar refractivity (Wildman–Crippen MR) is 131 cm³/mol. The van der Waals surface area contributed by atoms with Crippen molar-refractivity contribution < 1.29 is 30.6 Å². The second-order valence-electron chi connectivity index (χ2n) is 8.13. The summed E-state index contributed by atoms with van der Waals surface area (Å²) in [5, 5.41) is 8.20. The number of anilines is 1. The summed E-state index contributed by atoms with van der Waals surface area (Å²) in [5.74, 6) is -1.09. The lowest BCUT2D eigenvalue weighted by Gasteiger charge is -2.10. The van der Waals surface area contributed by atoms with E-state index in [1.807, 2.05) is 13.0 Å². The summed E-state index contributed by atoms with van der Waals surface area (Å²) in [6.45, 7) is 1.90. The third-order valence-electron chi connectivity index (χ3n) is 5.65. The zero-order valence-corrected chi connectivity index (χ0v) is 20.5. The Hall–Kier alpha value is -4.46. The highest BCUT2D eigenvalue weighted by molar-refractivity contribution is 7.87. The maximum atomic E-state index is 13.1. The molecule has 0 aliphatic rings. The number of benzene rings is 1. The molecule has 5 rings (SSSR count). The van der Waals surface area contributed by atoms with E-state index in [9.17, 15) is 26.4 Å². The third kappa shape index (κ3) is 4.65. The smallest absolute Gasteiger partial charge is 0.355 e. The first kappa shape index (κ1) is 25.2. The first-order chi connectivity index (χ1) is 18.1. The number of hydrogen-bond acceptors (Lipinski definition) is 7. The highest BCUT2D eigenvalue weighted by Gasteiger charge is 2.48. The highest BCUT2D eigenvalue weighted by atomic mass is 32.2. The van der Waals surface area contributed by atoms with Crippen LogP contribution in [0.15, 0.2) is 67.0 Å². The van der Waals surface area contributed by atoms with Gasteiger partial charge in [-0.3, -0.25) is 13.9 Å². The lowest BCUT2D eigenvalue weighted by atomic mass is 10.1. The molecule has 0 bridgehead atoms. The second kappa shape index (κ2) is 9.45. The van der Waals surface area contributed by atoms with Gasteiger partial charge in [0.1, 0.15) is 11.3 Å². The van der Waals surface area contributed by atoms with Crippen molar-refractivity contribution in [3.05, 3.63) is 84.1 Å². The van der Waals surface area contributed by atoms with Crippen molar-refractivity contribution in [2.45, 2.75) is 25.4 Å². The van der Waals surface area contributed by atoms with Gasteiger partial charge in [0.05, 0.1) is 35.3 Å². The third-order valence-corrected chi connectivity index (χ3v) is 6.61. The lowest BCUT2D eigenvalue weighted by molar-refractivity contribution is -0.0501. The van der Waals surface area contributed by atoms with Crippen LogP contribution in [0.2, 0.25) is 0 Å². The molecule has 38 heavy (non-hydrogen) atoms. The zero-order chi connectivity index (χ0) is 27.1. The molecule has 0 aliphatic heterocycles. The fraction of sp³-hybridized carbons (Fsp3) is 0.167. The summed E-state index contributed by atoms with van der Waals surface area (Å²) in [5.41, 5.74) is -2.58. The van der Waals surface area contributed by atoms with Crippen LogP contribution in [0.3, 0.4) is 0 Å². The molecule has 10 nitrogen and oxygen atoms in total. The molecular formula is C24H19F3N6O4S. The van der Waals surface area contributed by atoms with E-state index in [4.69, 9.17) is 0 Å². The molecule has 0 aliphatic carbocycles. The van der Waals surface area contributed by atoms with E-state index in [0.717, 1.165) is 6.07 Å². The first-order valence-electron chi connectivity index (χ1n) is 11.3. The van der Waals surface area contributed by atoms with Gasteiger partial charge in [0.25, 0.3) is 5.91 Å². The van der Waals surface area contributed by atoms with Gasteiger partial charge in [0, 0.05) is 17.6 Å². The Morgan fingerprint density at radius 1 is 1.08 bits per heavy atom.